The molecule has 0 fully saturated rings. The standard InChI is InChI=1S/C10H14N4S/c1-8-13-6-10(15-8)5-11-3-9-4-12-7-14(9)2/h4,6-7,11H,3,5H2,1-2H3. The molecule has 0 bridgehead atoms. The molecule has 0 aromatic carbocycles. The Labute approximate surface area is 93.0 Å². The molecule has 2 aromatic heterocycles. The van der Waals surface area contributed by atoms with Gasteiger partial charge in [-0.2, -0.15) is 0 Å². The Kier molecular flexibility index (Phi) is 3.13. The highest BCUT2D eigenvalue weighted by atomic mass is 32.1. The van der Waals surface area contributed by atoms with Crippen LogP contribution in [-0.2, 0) is 20.1 Å². The van der Waals surface area contributed by atoms with Gasteiger partial charge in [0.1, 0.15) is 0 Å². The van der Waals surface area contributed by atoms with Crippen LogP contribution in [0.5, 0.6) is 0 Å². The second-order valence-corrected chi connectivity index (χ2v) is 4.76. The smallest absolute Gasteiger partial charge is 0.0945 e. The molecular formula is C10H14N4S. The van der Waals surface area contributed by atoms with Crippen molar-refractivity contribution in [2.45, 2.75) is 20.0 Å². The van der Waals surface area contributed by atoms with E-state index in [-0.39, 0.29) is 0 Å². The van der Waals surface area contributed by atoms with Gasteiger partial charge in [0.15, 0.2) is 0 Å². The fraction of sp³-hybridized carbons (Fsp3) is 0.400. The van der Waals surface area contributed by atoms with Crippen LogP contribution in [0.15, 0.2) is 18.7 Å². The number of aryl methyl sites for hydroxylation is 2. The molecule has 0 saturated carbocycles. The summed E-state index contributed by atoms with van der Waals surface area (Å²) in [7, 11) is 2.00. The minimum Gasteiger partial charge on any atom is -0.337 e. The number of nitrogens with one attached hydrogen (secondary N) is 1. The molecule has 2 aromatic rings. The van der Waals surface area contributed by atoms with Gasteiger partial charge in [-0.1, -0.05) is 0 Å². The highest BCUT2D eigenvalue weighted by Gasteiger charge is 1.99. The van der Waals surface area contributed by atoms with E-state index in [2.05, 4.69) is 15.3 Å². The topological polar surface area (TPSA) is 42.7 Å². The van der Waals surface area contributed by atoms with E-state index in [4.69, 9.17) is 0 Å². The zero-order valence-electron chi connectivity index (χ0n) is 8.90. The van der Waals surface area contributed by atoms with Crippen molar-refractivity contribution in [2.75, 3.05) is 0 Å². The number of nitrogens with zero attached hydrogens (tertiary/aromatic N) is 3. The minimum absolute atomic E-state index is 0.841. The zero-order valence-corrected chi connectivity index (χ0v) is 9.71. The lowest BCUT2D eigenvalue weighted by atomic mass is 10.4. The quantitative estimate of drug-likeness (QED) is 0.852. The first kappa shape index (κ1) is 10.3. The molecule has 0 spiro atoms. The molecule has 0 unspecified atom stereocenters. The lowest BCUT2D eigenvalue weighted by Gasteiger charge is -2.03. The molecule has 0 aliphatic rings. The Balaban J connectivity index is 1.83. The molecule has 4 nitrogen and oxygen atoms in total. The van der Waals surface area contributed by atoms with Gasteiger partial charge in [-0.05, 0) is 6.92 Å². The SMILES string of the molecule is Cc1ncc(CNCc2cncn2C)s1. The third kappa shape index (κ3) is 2.64. The van der Waals surface area contributed by atoms with Crippen LogP contribution in [0, 0.1) is 6.92 Å². The van der Waals surface area contributed by atoms with Crippen LogP contribution in [0.1, 0.15) is 15.6 Å². The average molecular weight is 222 g/mol. The summed E-state index contributed by atoms with van der Waals surface area (Å²) in [6, 6.07) is 0. The Morgan fingerprint density at radius 3 is 2.87 bits per heavy atom. The Hall–Kier alpha value is -1.20. The van der Waals surface area contributed by atoms with E-state index in [0.29, 0.717) is 0 Å². The van der Waals surface area contributed by atoms with Gasteiger partial charge < -0.3 is 9.88 Å². The number of hydrogen-bond donors (Lipinski definition) is 1. The van der Waals surface area contributed by atoms with E-state index in [9.17, 15) is 0 Å². The second kappa shape index (κ2) is 4.55. The van der Waals surface area contributed by atoms with E-state index in [1.807, 2.05) is 37.3 Å². The molecule has 5 heteroatoms. The lowest BCUT2D eigenvalue weighted by molar-refractivity contribution is 0.660. The van der Waals surface area contributed by atoms with Gasteiger partial charge in [0, 0.05) is 37.4 Å². The summed E-state index contributed by atoms with van der Waals surface area (Å²) in [6.45, 7) is 3.74. The van der Waals surface area contributed by atoms with Crippen molar-refractivity contribution in [1.82, 2.24) is 19.9 Å². The van der Waals surface area contributed by atoms with Gasteiger partial charge in [0.2, 0.25) is 0 Å². The van der Waals surface area contributed by atoms with Crippen LogP contribution in [0.25, 0.3) is 0 Å². The maximum atomic E-state index is 4.21. The van der Waals surface area contributed by atoms with Gasteiger partial charge in [-0.25, -0.2) is 9.97 Å². The Morgan fingerprint density at radius 1 is 1.40 bits per heavy atom. The first-order chi connectivity index (χ1) is 7.25. The predicted molar refractivity (Wildman–Crippen MR) is 60.6 cm³/mol. The molecule has 0 aliphatic carbocycles. The summed E-state index contributed by atoms with van der Waals surface area (Å²) in [5.41, 5.74) is 1.19. The molecule has 15 heavy (non-hydrogen) atoms. The summed E-state index contributed by atoms with van der Waals surface area (Å²) < 4.78 is 2.02. The average Bonchev–Trinajstić information content (AvgIpc) is 2.77. The largest absolute Gasteiger partial charge is 0.337 e. The molecule has 1 N–H and O–H groups in total. The number of hydrogen-bond acceptors (Lipinski definition) is 4. The van der Waals surface area contributed by atoms with Crippen LogP contribution in [0.4, 0.5) is 0 Å². The minimum atomic E-state index is 0.841. The molecule has 0 atom stereocenters. The van der Waals surface area contributed by atoms with Crippen molar-refractivity contribution >= 4 is 11.3 Å². The fourth-order valence-corrected chi connectivity index (χ4v) is 2.12. The predicted octanol–water partition coefficient (Wildman–Crippen LogP) is 1.47. The first-order valence-electron chi connectivity index (χ1n) is 4.83. The zero-order chi connectivity index (χ0) is 10.7. The van der Waals surface area contributed by atoms with E-state index >= 15 is 0 Å². The van der Waals surface area contributed by atoms with Gasteiger partial charge in [-0.15, -0.1) is 11.3 Å². The third-order valence-electron chi connectivity index (χ3n) is 2.19. The summed E-state index contributed by atoms with van der Waals surface area (Å²) >= 11 is 1.73. The number of thiazole rings is 1. The number of rotatable bonds is 4. The second-order valence-electron chi connectivity index (χ2n) is 3.45. The summed E-state index contributed by atoms with van der Waals surface area (Å²) in [5.74, 6) is 0. The van der Waals surface area contributed by atoms with Crippen molar-refractivity contribution in [3.05, 3.63) is 34.3 Å². The maximum absolute atomic E-state index is 4.21. The van der Waals surface area contributed by atoms with E-state index in [1.165, 1.54) is 10.6 Å². The highest BCUT2D eigenvalue weighted by molar-refractivity contribution is 7.11. The molecular weight excluding hydrogens is 208 g/mol. The molecule has 0 radical (unpaired) electrons. The van der Waals surface area contributed by atoms with Crippen molar-refractivity contribution < 1.29 is 0 Å². The Morgan fingerprint density at radius 2 is 2.27 bits per heavy atom. The number of imidazole rings is 1. The van der Waals surface area contributed by atoms with Gasteiger partial charge in [-0.3, -0.25) is 0 Å². The monoisotopic (exact) mass is 222 g/mol. The van der Waals surface area contributed by atoms with Crippen molar-refractivity contribution in [3.8, 4) is 0 Å². The van der Waals surface area contributed by atoms with E-state index in [1.54, 1.807) is 11.3 Å². The van der Waals surface area contributed by atoms with Crippen molar-refractivity contribution in [3.63, 3.8) is 0 Å². The van der Waals surface area contributed by atoms with Crippen LogP contribution >= 0.6 is 11.3 Å². The lowest BCUT2D eigenvalue weighted by Crippen LogP contribution is -2.13. The van der Waals surface area contributed by atoms with Gasteiger partial charge >= 0.3 is 0 Å². The van der Waals surface area contributed by atoms with Crippen molar-refractivity contribution in [2.24, 2.45) is 7.05 Å². The van der Waals surface area contributed by atoms with Crippen LogP contribution in [0.2, 0.25) is 0 Å². The molecule has 0 saturated heterocycles. The van der Waals surface area contributed by atoms with Crippen LogP contribution < -0.4 is 5.32 Å². The third-order valence-corrected chi connectivity index (χ3v) is 3.10. The Bertz CT molecular complexity index is 432. The number of aromatic nitrogens is 3. The first-order valence-corrected chi connectivity index (χ1v) is 5.64. The summed E-state index contributed by atoms with van der Waals surface area (Å²) in [4.78, 5) is 9.55. The molecule has 0 aliphatic heterocycles. The van der Waals surface area contributed by atoms with Gasteiger partial charge in [0.25, 0.3) is 0 Å². The summed E-state index contributed by atoms with van der Waals surface area (Å²) in [6.07, 6.45) is 5.62. The maximum Gasteiger partial charge on any atom is 0.0945 e. The van der Waals surface area contributed by atoms with Crippen molar-refractivity contribution in [1.29, 1.82) is 0 Å². The summed E-state index contributed by atoms with van der Waals surface area (Å²) in [5, 5.41) is 4.49. The fourth-order valence-electron chi connectivity index (χ4n) is 1.36. The molecule has 0 amide bonds. The molecule has 2 rings (SSSR count). The van der Waals surface area contributed by atoms with E-state index < -0.39 is 0 Å². The molecule has 80 valence electrons. The van der Waals surface area contributed by atoms with Crippen LogP contribution in [-0.4, -0.2) is 14.5 Å². The van der Waals surface area contributed by atoms with Gasteiger partial charge in [0.05, 0.1) is 17.0 Å². The van der Waals surface area contributed by atoms with E-state index in [0.717, 1.165) is 18.1 Å². The molecule has 2 heterocycles. The normalized spacial score (nSPS) is 10.8. The highest BCUT2D eigenvalue weighted by Crippen LogP contribution is 2.10. The van der Waals surface area contributed by atoms with Crippen LogP contribution in [0.3, 0.4) is 0 Å².